The number of carbonyl (C=O) groups excluding carboxylic acids is 1. The van der Waals surface area contributed by atoms with Crippen molar-refractivity contribution in [2.24, 2.45) is 5.92 Å². The first-order valence-corrected chi connectivity index (χ1v) is 10.2. The number of fused-ring (bicyclic) bond motifs is 1. The van der Waals surface area contributed by atoms with Crippen molar-refractivity contribution in [1.29, 1.82) is 0 Å². The highest BCUT2D eigenvalue weighted by atomic mass is 35.5. The van der Waals surface area contributed by atoms with E-state index in [0.717, 1.165) is 41.2 Å². The fourth-order valence-electron chi connectivity index (χ4n) is 4.23. The van der Waals surface area contributed by atoms with Gasteiger partial charge in [0.05, 0.1) is 10.7 Å². The molecule has 1 saturated carbocycles. The third kappa shape index (κ3) is 4.25. The summed E-state index contributed by atoms with van der Waals surface area (Å²) >= 11 is 6.49. The number of benzene rings is 1. The first-order chi connectivity index (χ1) is 12.3. The Morgan fingerprint density at radius 3 is 2.46 bits per heavy atom. The van der Waals surface area contributed by atoms with Gasteiger partial charge in [0.25, 0.3) is 0 Å². The summed E-state index contributed by atoms with van der Waals surface area (Å²) in [6.07, 6.45) is 9.70. The minimum Gasteiger partial charge on any atom is -0.379 e. The molecule has 3 rings (SSSR count). The Hall–Kier alpha value is -1.48. The van der Waals surface area contributed by atoms with Crippen LogP contribution in [0.1, 0.15) is 63.5 Å². The second-order valence-corrected chi connectivity index (χ2v) is 9.10. The molecular formula is C22H31ClN2O. The predicted molar refractivity (Wildman–Crippen MR) is 111 cm³/mol. The first-order valence-electron chi connectivity index (χ1n) is 9.81. The van der Waals surface area contributed by atoms with Crippen molar-refractivity contribution in [2.45, 2.75) is 64.3 Å². The maximum Gasteiger partial charge on any atom is 0.160 e. The van der Waals surface area contributed by atoms with E-state index in [1.807, 2.05) is 25.1 Å². The number of anilines is 1. The summed E-state index contributed by atoms with van der Waals surface area (Å²) < 4.78 is 0. The van der Waals surface area contributed by atoms with Crippen LogP contribution in [0.2, 0.25) is 5.02 Å². The van der Waals surface area contributed by atoms with E-state index in [0.29, 0.717) is 0 Å². The van der Waals surface area contributed by atoms with E-state index in [1.165, 1.54) is 31.2 Å². The van der Waals surface area contributed by atoms with E-state index >= 15 is 0 Å². The summed E-state index contributed by atoms with van der Waals surface area (Å²) in [6, 6.07) is 4.19. The topological polar surface area (TPSA) is 32.3 Å². The Morgan fingerprint density at radius 2 is 1.85 bits per heavy atom. The van der Waals surface area contributed by atoms with E-state index in [2.05, 4.69) is 31.3 Å². The number of nitrogens with zero attached hydrogens (tertiary/aromatic N) is 1. The minimum atomic E-state index is -0.0917. The van der Waals surface area contributed by atoms with E-state index in [4.69, 9.17) is 11.6 Å². The second-order valence-electron chi connectivity index (χ2n) is 8.69. The van der Waals surface area contributed by atoms with Crippen molar-refractivity contribution in [3.05, 3.63) is 34.4 Å². The molecule has 1 aliphatic carbocycles. The molecule has 0 atom stereocenters. The highest BCUT2D eigenvalue weighted by molar-refractivity contribution is 6.33. The summed E-state index contributed by atoms with van der Waals surface area (Å²) in [7, 11) is 3.99. The monoisotopic (exact) mass is 374 g/mol. The van der Waals surface area contributed by atoms with Gasteiger partial charge < -0.3 is 10.2 Å². The fraction of sp³-hybridized carbons (Fsp3) is 0.591. The smallest absolute Gasteiger partial charge is 0.160 e. The van der Waals surface area contributed by atoms with Crippen LogP contribution in [0.4, 0.5) is 5.69 Å². The predicted octanol–water partition coefficient (Wildman–Crippen LogP) is 5.21. The lowest BCUT2D eigenvalue weighted by Crippen LogP contribution is -2.44. The highest BCUT2D eigenvalue weighted by Crippen LogP contribution is 2.37. The molecule has 1 aromatic carbocycles. The van der Waals surface area contributed by atoms with Crippen LogP contribution < -0.4 is 10.2 Å². The lowest BCUT2D eigenvalue weighted by molar-refractivity contribution is -0.118. The van der Waals surface area contributed by atoms with Crippen molar-refractivity contribution in [2.75, 3.05) is 19.0 Å². The molecule has 0 amide bonds. The molecule has 4 heteroatoms. The quantitative estimate of drug-likeness (QED) is 0.582. The molecule has 1 aromatic rings. The Balaban J connectivity index is 1.98. The van der Waals surface area contributed by atoms with Crippen LogP contribution in [0.15, 0.2) is 18.2 Å². The molecule has 0 spiro atoms. The lowest BCUT2D eigenvalue weighted by atomic mass is 9.84. The van der Waals surface area contributed by atoms with Gasteiger partial charge in [0.15, 0.2) is 5.78 Å². The molecule has 142 valence electrons. The summed E-state index contributed by atoms with van der Waals surface area (Å²) in [4.78, 5) is 15.0. The normalized spacial score (nSPS) is 21.7. The molecule has 0 aromatic heterocycles. The van der Waals surface area contributed by atoms with E-state index < -0.39 is 0 Å². The number of nitrogens with one attached hydrogen (secondary N) is 1. The van der Waals surface area contributed by atoms with Gasteiger partial charge in [-0.15, -0.1) is 0 Å². The number of halogens is 1. The molecule has 1 aliphatic heterocycles. The number of ketones is 1. The van der Waals surface area contributed by atoms with Crippen molar-refractivity contribution < 1.29 is 4.79 Å². The summed E-state index contributed by atoms with van der Waals surface area (Å²) in [5.41, 5.74) is 4.17. The fourth-order valence-corrected chi connectivity index (χ4v) is 4.59. The average Bonchev–Trinajstić information content (AvgIpc) is 2.82. The maximum absolute atomic E-state index is 13.0. The van der Waals surface area contributed by atoms with Crippen molar-refractivity contribution in [3.8, 4) is 0 Å². The van der Waals surface area contributed by atoms with Crippen LogP contribution in [0.25, 0.3) is 5.70 Å². The zero-order valence-electron chi connectivity index (χ0n) is 16.5. The lowest BCUT2D eigenvalue weighted by Gasteiger charge is -2.36. The minimum absolute atomic E-state index is 0.0917. The third-order valence-electron chi connectivity index (χ3n) is 5.59. The largest absolute Gasteiger partial charge is 0.379 e. The molecule has 1 heterocycles. The molecule has 1 N–H and O–H groups in total. The number of carbonyl (C=O) groups is 1. The van der Waals surface area contributed by atoms with Crippen LogP contribution in [-0.2, 0) is 11.2 Å². The SMILES string of the molecule is CN(C)c1cc2c(cc1Cl)CC(C)(C)NC2=CC(=O)C1CCCCCC1. The second kappa shape index (κ2) is 7.64. The molecule has 0 radical (unpaired) electrons. The van der Waals surface area contributed by atoms with Crippen LogP contribution >= 0.6 is 11.6 Å². The van der Waals surface area contributed by atoms with E-state index in [9.17, 15) is 4.79 Å². The molecule has 1 fully saturated rings. The number of rotatable bonds is 3. The summed E-state index contributed by atoms with van der Waals surface area (Å²) in [5, 5.41) is 4.36. The van der Waals surface area contributed by atoms with Gasteiger partial charge in [-0.3, -0.25) is 4.79 Å². The van der Waals surface area contributed by atoms with Crippen molar-refractivity contribution in [1.82, 2.24) is 5.32 Å². The summed E-state index contributed by atoms with van der Waals surface area (Å²) in [5.74, 6) is 0.459. The Bertz CT molecular complexity index is 713. The number of hydrogen-bond acceptors (Lipinski definition) is 3. The molecule has 0 unspecified atom stereocenters. The van der Waals surface area contributed by atoms with Gasteiger partial charge in [-0.05, 0) is 50.8 Å². The number of hydrogen-bond donors (Lipinski definition) is 1. The Labute approximate surface area is 162 Å². The first kappa shape index (κ1) is 19.3. The van der Waals surface area contributed by atoms with Crippen molar-refractivity contribution >= 4 is 28.8 Å². The Kier molecular flexibility index (Phi) is 5.67. The average molecular weight is 375 g/mol. The Morgan fingerprint density at radius 1 is 1.19 bits per heavy atom. The molecular weight excluding hydrogens is 344 g/mol. The van der Waals surface area contributed by atoms with Gasteiger partial charge in [0.2, 0.25) is 0 Å². The van der Waals surface area contributed by atoms with Crippen LogP contribution in [0, 0.1) is 5.92 Å². The van der Waals surface area contributed by atoms with Gasteiger partial charge in [0, 0.05) is 42.9 Å². The maximum atomic E-state index is 13.0. The van der Waals surface area contributed by atoms with Gasteiger partial charge in [-0.1, -0.05) is 37.3 Å². The highest BCUT2D eigenvalue weighted by Gasteiger charge is 2.30. The zero-order valence-corrected chi connectivity index (χ0v) is 17.2. The van der Waals surface area contributed by atoms with Gasteiger partial charge in [-0.2, -0.15) is 0 Å². The molecule has 3 nitrogen and oxygen atoms in total. The molecule has 0 bridgehead atoms. The summed E-state index contributed by atoms with van der Waals surface area (Å²) in [6.45, 7) is 4.35. The molecule has 2 aliphatic rings. The van der Waals surface area contributed by atoms with Gasteiger partial charge in [0.1, 0.15) is 0 Å². The van der Waals surface area contributed by atoms with Crippen LogP contribution in [0.3, 0.4) is 0 Å². The van der Waals surface area contributed by atoms with Gasteiger partial charge in [-0.25, -0.2) is 0 Å². The molecule has 26 heavy (non-hydrogen) atoms. The van der Waals surface area contributed by atoms with E-state index in [1.54, 1.807) is 0 Å². The van der Waals surface area contributed by atoms with Crippen LogP contribution in [0.5, 0.6) is 0 Å². The standard InChI is InChI=1S/C22H31ClN2O/c1-22(2)14-16-11-18(23)20(25(3)4)12-17(16)19(24-22)13-21(26)15-9-7-5-6-8-10-15/h11-13,15,24H,5-10,14H2,1-4H3. The third-order valence-corrected chi connectivity index (χ3v) is 5.90. The zero-order chi connectivity index (χ0) is 18.9. The molecule has 0 saturated heterocycles. The number of allylic oxidation sites excluding steroid dienone is 1. The van der Waals surface area contributed by atoms with Crippen LogP contribution in [-0.4, -0.2) is 25.4 Å². The van der Waals surface area contributed by atoms with Crippen molar-refractivity contribution in [3.63, 3.8) is 0 Å². The van der Waals surface area contributed by atoms with Gasteiger partial charge >= 0.3 is 0 Å². The van der Waals surface area contributed by atoms with E-state index in [-0.39, 0.29) is 17.2 Å².